The summed E-state index contributed by atoms with van der Waals surface area (Å²) in [5, 5.41) is 0. The molecule has 0 aromatic heterocycles. The van der Waals surface area contributed by atoms with E-state index in [0.29, 0.717) is 0 Å². The van der Waals surface area contributed by atoms with Crippen molar-refractivity contribution in [3.05, 3.63) is 25.3 Å². The Hall–Kier alpha value is 1.29. The van der Waals surface area contributed by atoms with Crippen LogP contribution in [0.4, 0.5) is 0 Å². The molecule has 0 N–H and O–H groups in total. The maximum atomic E-state index is 3.55. The first-order valence-electron chi connectivity index (χ1n) is 2.13. The smallest absolute Gasteiger partial charge is 1.00 e. The molecule has 0 unspecified atom stereocenters. The van der Waals surface area contributed by atoms with Crippen molar-refractivity contribution in [3.63, 3.8) is 0 Å². The van der Waals surface area contributed by atoms with Gasteiger partial charge in [0.05, 0.1) is 0 Å². The second-order valence-electron chi connectivity index (χ2n) is 1.15. The second-order valence-corrected chi connectivity index (χ2v) is 1.15. The fraction of sp³-hybridized carbons (Fsp3) is 0.333. The second kappa shape index (κ2) is 42.7. The summed E-state index contributed by atoms with van der Waals surface area (Å²) in [7, 11) is 0. The van der Waals surface area contributed by atoms with Crippen molar-refractivity contribution in [3.8, 4) is 0 Å². The van der Waals surface area contributed by atoms with Gasteiger partial charge in [0.15, 0.2) is 0 Å². The van der Waals surface area contributed by atoms with Crippen molar-refractivity contribution in [1.82, 2.24) is 0 Å². The third-order valence-electron chi connectivity index (χ3n) is 0.575. The minimum atomic E-state index is 0. The molecule has 1 radical (unpaired) electrons. The van der Waals surface area contributed by atoms with Crippen molar-refractivity contribution in [2.24, 2.45) is 0 Å². The van der Waals surface area contributed by atoms with Gasteiger partial charge < -0.3 is 49.6 Å². The fourth-order valence-corrected chi connectivity index (χ4v) is 0.236. The molecule has 0 aromatic carbocycles. The van der Waals surface area contributed by atoms with Crippen molar-refractivity contribution in [1.29, 1.82) is 0 Å². The van der Waals surface area contributed by atoms with Crippen LogP contribution in [0, 0.1) is 0 Å². The van der Waals surface area contributed by atoms with Crippen LogP contribution >= 0.6 is 0 Å². The van der Waals surface area contributed by atoms with Crippen LogP contribution in [0.5, 0.6) is 0 Å². The maximum absolute atomic E-state index is 3.55. The molecule has 71 valence electrons. The summed E-state index contributed by atoms with van der Waals surface area (Å²) in [5.41, 5.74) is 0. The zero-order valence-electron chi connectivity index (χ0n) is 5.83. The van der Waals surface area contributed by atoms with Crippen LogP contribution in [0.25, 0.3) is 0 Å². The van der Waals surface area contributed by atoms with Gasteiger partial charge in [0.25, 0.3) is 0 Å². The zero-order chi connectivity index (χ0) is 4.83. The maximum Gasteiger partial charge on any atom is 4.00 e. The van der Waals surface area contributed by atoms with E-state index >= 15 is 0 Å². The van der Waals surface area contributed by atoms with Gasteiger partial charge in [-0.15, -0.1) is 13.2 Å². The van der Waals surface area contributed by atoms with Crippen LogP contribution in [0.2, 0.25) is 0 Å². The minimum absolute atomic E-state index is 0. The van der Waals surface area contributed by atoms with Gasteiger partial charge in [-0.3, -0.25) is 0 Å². The van der Waals surface area contributed by atoms with Crippen LogP contribution in [-0.2, 0) is 20.1 Å². The molecule has 5 heteroatoms. The largest absolute Gasteiger partial charge is 4.00 e. The zero-order valence-corrected chi connectivity index (χ0v) is 11.2. The van der Waals surface area contributed by atoms with Crippen LogP contribution < -0.4 is 49.6 Å². The molecule has 0 aliphatic heterocycles. The Morgan fingerprint density at radius 3 is 1.00 bits per heavy atom. The van der Waals surface area contributed by atoms with Crippen LogP contribution in [-0.4, -0.2) is 0 Å². The molecule has 0 nitrogen and oxygen atoms in total. The Balaban J connectivity index is -0.0000000125. The van der Waals surface area contributed by atoms with Gasteiger partial charge in [-0.05, 0) is 12.8 Å². The Bertz CT molecular complexity index is 50.5. The quantitative estimate of drug-likeness (QED) is 0.317. The summed E-state index contributed by atoms with van der Waals surface area (Å²) in [6.07, 6.45) is 5.90. The topological polar surface area (TPSA) is 0 Å². The van der Waals surface area contributed by atoms with E-state index in [1.165, 1.54) is 0 Å². The van der Waals surface area contributed by atoms with E-state index in [-0.39, 0.29) is 69.7 Å². The molecule has 0 heterocycles. The molecule has 11 heavy (non-hydrogen) atoms. The number of allylic oxidation sites excluding steroid dienone is 2. The number of hydrogen-bond acceptors (Lipinski definition) is 0. The van der Waals surface area contributed by atoms with E-state index in [2.05, 4.69) is 13.2 Å². The standard InChI is InChI=1S/C6H10.4ClH.Ir/c1-3-5-6-4-2;;;;;/h3-4H,1-2,5-6H2;4*1H;/q;;;;;+4/p-4. The third kappa shape index (κ3) is 52.9. The summed E-state index contributed by atoms with van der Waals surface area (Å²) >= 11 is 0. The Morgan fingerprint density at radius 1 is 0.727 bits per heavy atom. The van der Waals surface area contributed by atoms with Gasteiger partial charge in [0.2, 0.25) is 0 Å². The summed E-state index contributed by atoms with van der Waals surface area (Å²) in [4.78, 5) is 0. The van der Waals surface area contributed by atoms with E-state index in [1.54, 1.807) is 0 Å². The summed E-state index contributed by atoms with van der Waals surface area (Å²) in [5.74, 6) is 0. The Morgan fingerprint density at radius 2 is 0.909 bits per heavy atom. The number of hydrogen-bond donors (Lipinski definition) is 0. The predicted octanol–water partition coefficient (Wildman–Crippen LogP) is -9.85. The molecule has 0 bridgehead atoms. The average molecular weight is 416 g/mol. The van der Waals surface area contributed by atoms with E-state index < -0.39 is 0 Å². The first-order chi connectivity index (χ1) is 2.91. The molecule has 0 saturated heterocycles. The Labute approximate surface area is 107 Å². The molecule has 0 aromatic rings. The SMILES string of the molecule is C=CCCC=C.[Cl-].[Cl-].[Cl-].[Cl-].[Ir+4]. The van der Waals surface area contributed by atoms with E-state index in [9.17, 15) is 0 Å². The first kappa shape index (κ1) is 39.6. The van der Waals surface area contributed by atoms with Crippen LogP contribution in [0.1, 0.15) is 12.8 Å². The van der Waals surface area contributed by atoms with Crippen molar-refractivity contribution in [2.45, 2.75) is 12.8 Å². The molecule has 0 aliphatic rings. The van der Waals surface area contributed by atoms with Gasteiger partial charge in [0, 0.05) is 0 Å². The van der Waals surface area contributed by atoms with Gasteiger partial charge in [-0.1, -0.05) is 12.2 Å². The summed E-state index contributed by atoms with van der Waals surface area (Å²) in [6.45, 7) is 7.10. The number of rotatable bonds is 3. The molecule has 0 rings (SSSR count). The van der Waals surface area contributed by atoms with Crippen molar-refractivity contribution in [2.75, 3.05) is 0 Å². The fourth-order valence-electron chi connectivity index (χ4n) is 0.236. The molecule has 0 aliphatic carbocycles. The van der Waals surface area contributed by atoms with Gasteiger partial charge in [-0.25, -0.2) is 0 Å². The van der Waals surface area contributed by atoms with Gasteiger partial charge in [-0.2, -0.15) is 0 Å². The minimum Gasteiger partial charge on any atom is -1.00 e. The molecular formula is C6H10Cl4Ir. The van der Waals surface area contributed by atoms with E-state index in [4.69, 9.17) is 0 Å². The van der Waals surface area contributed by atoms with E-state index in [0.717, 1.165) is 12.8 Å². The van der Waals surface area contributed by atoms with Gasteiger partial charge >= 0.3 is 20.1 Å². The molecule has 0 saturated carbocycles. The first-order valence-corrected chi connectivity index (χ1v) is 2.13. The van der Waals surface area contributed by atoms with E-state index in [1.807, 2.05) is 12.2 Å². The normalized spacial score (nSPS) is 4.00. The average Bonchev–Trinajstić information content (AvgIpc) is 1.61. The van der Waals surface area contributed by atoms with Crippen molar-refractivity contribution >= 4 is 0 Å². The van der Waals surface area contributed by atoms with Crippen molar-refractivity contribution < 1.29 is 69.7 Å². The summed E-state index contributed by atoms with van der Waals surface area (Å²) in [6, 6.07) is 0. The molecule has 0 fully saturated rings. The monoisotopic (exact) mass is 415 g/mol. The van der Waals surface area contributed by atoms with Crippen LogP contribution in [0.15, 0.2) is 25.3 Å². The number of halogens is 4. The molecule has 0 spiro atoms. The number of unbranched alkanes of at least 4 members (excludes halogenated alkanes) is 1. The molecule has 0 atom stereocenters. The third-order valence-corrected chi connectivity index (χ3v) is 0.575. The Kier molecular flexibility index (Phi) is 154. The van der Waals surface area contributed by atoms with Gasteiger partial charge in [0.1, 0.15) is 0 Å². The molecular weight excluding hydrogens is 406 g/mol. The van der Waals surface area contributed by atoms with Crippen LogP contribution in [0.3, 0.4) is 0 Å². The predicted molar refractivity (Wildman–Crippen MR) is 29.6 cm³/mol. The summed E-state index contributed by atoms with van der Waals surface area (Å²) < 4.78 is 0. The molecule has 0 amide bonds.